The van der Waals surface area contributed by atoms with Crippen LogP contribution in [0.4, 0.5) is 5.69 Å². The summed E-state index contributed by atoms with van der Waals surface area (Å²) in [5.41, 5.74) is 2.91. The summed E-state index contributed by atoms with van der Waals surface area (Å²) < 4.78 is 5.49. The quantitative estimate of drug-likeness (QED) is 0.920. The summed E-state index contributed by atoms with van der Waals surface area (Å²) in [4.78, 5) is 6.82. The summed E-state index contributed by atoms with van der Waals surface area (Å²) in [5, 5.41) is 3.52. The van der Waals surface area contributed by atoms with Crippen molar-refractivity contribution in [1.29, 1.82) is 0 Å². The highest BCUT2D eigenvalue weighted by atomic mass is 16.3. The molecule has 3 rings (SSSR count). The van der Waals surface area contributed by atoms with Gasteiger partial charge in [-0.1, -0.05) is 6.42 Å². The number of piperidine rings is 1. The van der Waals surface area contributed by atoms with Crippen LogP contribution in [-0.2, 0) is 0 Å². The van der Waals surface area contributed by atoms with Crippen LogP contribution >= 0.6 is 0 Å². The minimum absolute atomic E-state index is 0.642. The van der Waals surface area contributed by atoms with E-state index in [1.165, 1.54) is 25.8 Å². The number of benzene rings is 1. The van der Waals surface area contributed by atoms with E-state index in [0.29, 0.717) is 6.04 Å². The maximum absolute atomic E-state index is 5.49. The summed E-state index contributed by atoms with van der Waals surface area (Å²) in [7, 11) is 2.22. The number of likely N-dealkylation sites (tertiary alicyclic amines) is 1. The standard InChI is InChI=1S/C15H21N3O/c1-11-17-14-9-12(6-7-15(14)19-11)16-10-13-5-3-4-8-18(13)2/h6-7,9,13,16H,3-5,8,10H2,1-2H3. The van der Waals surface area contributed by atoms with Gasteiger partial charge in [-0.25, -0.2) is 4.98 Å². The average Bonchev–Trinajstić information content (AvgIpc) is 2.77. The van der Waals surface area contributed by atoms with Crippen LogP contribution in [0.5, 0.6) is 0 Å². The Morgan fingerprint density at radius 2 is 2.32 bits per heavy atom. The number of aryl methyl sites for hydroxylation is 1. The molecule has 0 aliphatic carbocycles. The Morgan fingerprint density at radius 1 is 1.42 bits per heavy atom. The highest BCUT2D eigenvalue weighted by Crippen LogP contribution is 2.21. The maximum atomic E-state index is 5.49. The fourth-order valence-corrected chi connectivity index (χ4v) is 2.79. The molecule has 0 radical (unpaired) electrons. The fourth-order valence-electron chi connectivity index (χ4n) is 2.79. The summed E-state index contributed by atoms with van der Waals surface area (Å²) in [6, 6.07) is 6.76. The number of rotatable bonds is 3. The minimum atomic E-state index is 0.642. The molecule has 4 nitrogen and oxygen atoms in total. The number of hydrogen-bond acceptors (Lipinski definition) is 4. The molecule has 1 N–H and O–H groups in total. The van der Waals surface area contributed by atoms with Crippen molar-refractivity contribution in [2.45, 2.75) is 32.2 Å². The molecule has 1 unspecified atom stereocenters. The van der Waals surface area contributed by atoms with E-state index in [4.69, 9.17) is 4.42 Å². The third kappa shape index (κ3) is 2.73. The van der Waals surface area contributed by atoms with Gasteiger partial charge in [0.05, 0.1) is 0 Å². The van der Waals surface area contributed by atoms with Crippen LogP contribution in [0.1, 0.15) is 25.2 Å². The Morgan fingerprint density at radius 3 is 3.16 bits per heavy atom. The second-order valence-corrected chi connectivity index (χ2v) is 5.43. The van der Waals surface area contributed by atoms with Gasteiger partial charge in [0.25, 0.3) is 0 Å². The van der Waals surface area contributed by atoms with E-state index in [2.05, 4.69) is 34.4 Å². The molecule has 1 fully saturated rings. The van der Waals surface area contributed by atoms with Crippen molar-refractivity contribution in [2.75, 3.05) is 25.5 Å². The number of likely N-dealkylation sites (N-methyl/N-ethyl adjacent to an activating group) is 1. The number of nitrogens with one attached hydrogen (secondary N) is 1. The fraction of sp³-hybridized carbons (Fsp3) is 0.533. The normalized spacial score (nSPS) is 20.8. The van der Waals surface area contributed by atoms with E-state index >= 15 is 0 Å². The average molecular weight is 259 g/mol. The molecule has 4 heteroatoms. The molecule has 1 saturated heterocycles. The van der Waals surface area contributed by atoms with Gasteiger partial charge < -0.3 is 14.6 Å². The summed E-state index contributed by atoms with van der Waals surface area (Å²) >= 11 is 0. The number of oxazole rings is 1. The van der Waals surface area contributed by atoms with E-state index in [1.807, 2.05) is 13.0 Å². The van der Waals surface area contributed by atoms with Crippen LogP contribution in [0, 0.1) is 6.92 Å². The van der Waals surface area contributed by atoms with E-state index in [-0.39, 0.29) is 0 Å². The maximum Gasteiger partial charge on any atom is 0.192 e. The Bertz CT molecular complexity index is 564. The van der Waals surface area contributed by atoms with Crippen molar-refractivity contribution in [3.8, 4) is 0 Å². The highest BCUT2D eigenvalue weighted by Gasteiger charge is 2.18. The van der Waals surface area contributed by atoms with Gasteiger partial charge in [-0.15, -0.1) is 0 Å². The number of fused-ring (bicyclic) bond motifs is 1. The van der Waals surface area contributed by atoms with E-state index in [1.54, 1.807) is 0 Å². The van der Waals surface area contributed by atoms with Crippen LogP contribution in [0.2, 0.25) is 0 Å². The monoisotopic (exact) mass is 259 g/mol. The number of anilines is 1. The lowest BCUT2D eigenvalue weighted by atomic mass is 10.0. The van der Waals surface area contributed by atoms with Gasteiger partial charge in [0.15, 0.2) is 11.5 Å². The number of hydrogen-bond donors (Lipinski definition) is 1. The zero-order valence-electron chi connectivity index (χ0n) is 11.6. The molecule has 0 amide bonds. The second kappa shape index (κ2) is 5.21. The molecule has 2 heterocycles. The third-order valence-corrected chi connectivity index (χ3v) is 3.96. The predicted molar refractivity (Wildman–Crippen MR) is 77.5 cm³/mol. The molecule has 2 aromatic rings. The molecular weight excluding hydrogens is 238 g/mol. The molecule has 0 bridgehead atoms. The van der Waals surface area contributed by atoms with Crippen LogP contribution in [0.3, 0.4) is 0 Å². The summed E-state index contributed by atoms with van der Waals surface area (Å²) in [6.45, 7) is 4.09. The van der Waals surface area contributed by atoms with Gasteiger partial charge in [-0.2, -0.15) is 0 Å². The van der Waals surface area contributed by atoms with Gasteiger partial charge in [0.2, 0.25) is 0 Å². The topological polar surface area (TPSA) is 41.3 Å². The lowest BCUT2D eigenvalue weighted by Gasteiger charge is -2.32. The molecule has 0 saturated carbocycles. The van der Waals surface area contributed by atoms with Crippen molar-refractivity contribution in [1.82, 2.24) is 9.88 Å². The first-order valence-corrected chi connectivity index (χ1v) is 7.04. The van der Waals surface area contributed by atoms with E-state index in [0.717, 1.165) is 29.2 Å². The predicted octanol–water partition coefficient (Wildman–Crippen LogP) is 3.03. The molecule has 0 spiro atoms. The van der Waals surface area contributed by atoms with E-state index < -0.39 is 0 Å². The van der Waals surface area contributed by atoms with Crippen LogP contribution < -0.4 is 5.32 Å². The largest absolute Gasteiger partial charge is 0.441 e. The minimum Gasteiger partial charge on any atom is -0.441 e. The Balaban J connectivity index is 1.67. The van der Waals surface area contributed by atoms with Gasteiger partial charge in [0.1, 0.15) is 5.52 Å². The molecule has 102 valence electrons. The molecule has 1 atom stereocenters. The first kappa shape index (κ1) is 12.5. The van der Waals surface area contributed by atoms with Gasteiger partial charge in [0, 0.05) is 25.2 Å². The summed E-state index contributed by atoms with van der Waals surface area (Å²) in [6.07, 6.45) is 3.96. The number of nitrogens with zero attached hydrogens (tertiary/aromatic N) is 2. The molecular formula is C15H21N3O. The first-order chi connectivity index (χ1) is 9.22. The van der Waals surface area contributed by atoms with Crippen molar-refractivity contribution >= 4 is 16.8 Å². The van der Waals surface area contributed by atoms with Gasteiger partial charge >= 0.3 is 0 Å². The van der Waals surface area contributed by atoms with Gasteiger partial charge in [-0.05, 0) is 44.6 Å². The molecule has 1 aromatic carbocycles. The van der Waals surface area contributed by atoms with Crippen LogP contribution in [0.25, 0.3) is 11.1 Å². The van der Waals surface area contributed by atoms with Crippen LogP contribution in [-0.4, -0.2) is 36.1 Å². The lowest BCUT2D eigenvalue weighted by Crippen LogP contribution is -2.40. The Kier molecular flexibility index (Phi) is 3.42. The summed E-state index contributed by atoms with van der Waals surface area (Å²) in [5.74, 6) is 0.721. The zero-order valence-corrected chi connectivity index (χ0v) is 11.6. The number of aromatic nitrogens is 1. The Hall–Kier alpha value is -1.55. The van der Waals surface area contributed by atoms with Crippen molar-refractivity contribution < 1.29 is 4.42 Å². The van der Waals surface area contributed by atoms with Gasteiger partial charge in [-0.3, -0.25) is 0 Å². The highest BCUT2D eigenvalue weighted by molar-refractivity contribution is 5.77. The second-order valence-electron chi connectivity index (χ2n) is 5.43. The SMILES string of the molecule is Cc1nc2cc(NCC3CCCCN3C)ccc2o1. The van der Waals surface area contributed by atoms with Crippen LogP contribution in [0.15, 0.2) is 22.6 Å². The molecule has 19 heavy (non-hydrogen) atoms. The third-order valence-electron chi connectivity index (χ3n) is 3.96. The first-order valence-electron chi connectivity index (χ1n) is 7.04. The van der Waals surface area contributed by atoms with Crippen molar-refractivity contribution in [3.05, 3.63) is 24.1 Å². The lowest BCUT2D eigenvalue weighted by molar-refractivity contribution is 0.194. The Labute approximate surface area is 113 Å². The smallest absolute Gasteiger partial charge is 0.192 e. The molecule has 1 aliphatic rings. The zero-order chi connectivity index (χ0) is 13.2. The molecule has 1 aliphatic heterocycles. The van der Waals surface area contributed by atoms with Crippen molar-refractivity contribution in [2.24, 2.45) is 0 Å². The van der Waals surface area contributed by atoms with Crippen molar-refractivity contribution in [3.63, 3.8) is 0 Å². The van der Waals surface area contributed by atoms with E-state index in [9.17, 15) is 0 Å². The molecule has 1 aromatic heterocycles.